The number of benzene rings is 1. The molecule has 0 amide bonds. The normalized spacial score (nSPS) is 10.9. The molecular weight excluding hydrogens is 402 g/mol. The van der Waals surface area contributed by atoms with Crippen molar-refractivity contribution in [2.45, 2.75) is 13.5 Å². The van der Waals surface area contributed by atoms with E-state index in [2.05, 4.69) is 53.2 Å². The molecule has 3 rings (SSSR count). The van der Waals surface area contributed by atoms with Crippen LogP contribution >= 0.6 is 43.2 Å². The molecule has 3 nitrogen and oxygen atoms in total. The number of pyridine rings is 1. The number of aryl methyl sites for hydroxylation is 1. The van der Waals surface area contributed by atoms with Gasteiger partial charge in [-0.2, -0.15) is 0 Å². The Morgan fingerprint density at radius 2 is 2.10 bits per heavy atom. The lowest BCUT2D eigenvalue weighted by atomic mass is 10.3. The quantitative estimate of drug-likeness (QED) is 0.647. The molecule has 0 saturated carbocycles. The molecule has 102 valence electrons. The summed E-state index contributed by atoms with van der Waals surface area (Å²) in [5.74, 6) is 0. The summed E-state index contributed by atoms with van der Waals surface area (Å²) < 4.78 is 3.17. The molecule has 0 saturated heterocycles. The van der Waals surface area contributed by atoms with Crippen LogP contribution < -0.4 is 5.32 Å². The fraction of sp³-hybridized carbons (Fsp3) is 0.143. The van der Waals surface area contributed by atoms with E-state index in [1.54, 1.807) is 17.5 Å². The van der Waals surface area contributed by atoms with E-state index in [1.165, 1.54) is 4.70 Å². The molecule has 0 fully saturated rings. The monoisotopic (exact) mass is 411 g/mol. The van der Waals surface area contributed by atoms with Crippen molar-refractivity contribution >= 4 is 59.1 Å². The van der Waals surface area contributed by atoms with Gasteiger partial charge in [-0.3, -0.25) is 4.98 Å². The van der Waals surface area contributed by atoms with Crippen LogP contribution in [0.4, 0.5) is 5.69 Å². The first-order valence-electron chi connectivity index (χ1n) is 6.03. The Balaban J connectivity index is 1.79. The average Bonchev–Trinajstić information content (AvgIpc) is 2.77. The largest absolute Gasteiger partial charge is 0.379 e. The van der Waals surface area contributed by atoms with Crippen LogP contribution in [0.3, 0.4) is 0 Å². The molecule has 0 unspecified atom stereocenters. The number of hydrogen-bond donors (Lipinski definition) is 1. The van der Waals surface area contributed by atoms with Crippen molar-refractivity contribution in [3.05, 3.63) is 50.1 Å². The van der Waals surface area contributed by atoms with Gasteiger partial charge in [0, 0.05) is 20.8 Å². The van der Waals surface area contributed by atoms with E-state index in [0.717, 1.165) is 30.9 Å². The molecular formula is C14H11Br2N3S. The Morgan fingerprint density at radius 3 is 2.90 bits per heavy atom. The summed E-state index contributed by atoms with van der Waals surface area (Å²) in [6.07, 6.45) is 1.80. The Kier molecular flexibility index (Phi) is 4.05. The van der Waals surface area contributed by atoms with Gasteiger partial charge in [0.25, 0.3) is 0 Å². The molecule has 6 heteroatoms. The predicted molar refractivity (Wildman–Crippen MR) is 91.3 cm³/mol. The summed E-state index contributed by atoms with van der Waals surface area (Å²) in [6, 6.07) is 8.23. The summed E-state index contributed by atoms with van der Waals surface area (Å²) in [6.45, 7) is 2.71. The van der Waals surface area contributed by atoms with E-state index in [1.807, 2.05) is 25.1 Å². The van der Waals surface area contributed by atoms with Crippen LogP contribution in [0.1, 0.15) is 10.7 Å². The molecule has 2 aromatic heterocycles. The second-order valence-electron chi connectivity index (χ2n) is 4.35. The first kappa shape index (κ1) is 14.0. The molecule has 20 heavy (non-hydrogen) atoms. The van der Waals surface area contributed by atoms with Crippen LogP contribution in [0, 0.1) is 6.92 Å². The number of nitrogens with one attached hydrogen (secondary N) is 1. The van der Waals surface area contributed by atoms with Crippen molar-refractivity contribution in [2.24, 2.45) is 0 Å². The van der Waals surface area contributed by atoms with Crippen LogP contribution in [-0.2, 0) is 6.54 Å². The summed E-state index contributed by atoms with van der Waals surface area (Å²) in [5, 5.41) is 4.49. The highest BCUT2D eigenvalue weighted by Gasteiger charge is 2.04. The van der Waals surface area contributed by atoms with Gasteiger partial charge in [0.15, 0.2) is 0 Å². The molecule has 3 aromatic rings. The van der Waals surface area contributed by atoms with Crippen molar-refractivity contribution in [1.29, 1.82) is 0 Å². The van der Waals surface area contributed by atoms with Gasteiger partial charge in [-0.15, -0.1) is 11.3 Å². The van der Waals surface area contributed by atoms with E-state index in [0.29, 0.717) is 6.54 Å². The van der Waals surface area contributed by atoms with Gasteiger partial charge in [0.05, 0.1) is 27.5 Å². The number of hydrogen-bond acceptors (Lipinski definition) is 4. The molecule has 1 N–H and O–H groups in total. The SMILES string of the molecule is Cc1nc2ccc(NCc3ncc(Br)cc3Br)cc2s1. The number of aromatic nitrogens is 2. The fourth-order valence-corrected chi connectivity index (χ4v) is 3.90. The molecule has 0 spiro atoms. The van der Waals surface area contributed by atoms with Crippen LogP contribution in [0.2, 0.25) is 0 Å². The lowest BCUT2D eigenvalue weighted by Crippen LogP contribution is -2.02. The maximum absolute atomic E-state index is 4.46. The van der Waals surface area contributed by atoms with Gasteiger partial charge < -0.3 is 5.32 Å². The zero-order valence-electron chi connectivity index (χ0n) is 10.7. The summed E-state index contributed by atoms with van der Waals surface area (Å²) >= 11 is 8.64. The van der Waals surface area contributed by atoms with Gasteiger partial charge >= 0.3 is 0 Å². The van der Waals surface area contributed by atoms with Gasteiger partial charge in [-0.05, 0) is 63.0 Å². The summed E-state index contributed by atoms with van der Waals surface area (Å²) in [5.41, 5.74) is 3.12. The zero-order chi connectivity index (χ0) is 14.1. The molecule has 0 aliphatic rings. The third-order valence-corrected chi connectivity index (χ3v) is 4.89. The second-order valence-corrected chi connectivity index (χ2v) is 7.36. The fourth-order valence-electron chi connectivity index (χ4n) is 1.91. The third kappa shape index (κ3) is 3.02. The highest BCUT2D eigenvalue weighted by Crippen LogP contribution is 2.25. The first-order chi connectivity index (χ1) is 9.61. The molecule has 0 aliphatic carbocycles. The van der Waals surface area contributed by atoms with Crippen LogP contribution in [-0.4, -0.2) is 9.97 Å². The van der Waals surface area contributed by atoms with Crippen molar-refractivity contribution in [3.8, 4) is 0 Å². The molecule has 1 aromatic carbocycles. The van der Waals surface area contributed by atoms with Crippen LogP contribution in [0.25, 0.3) is 10.2 Å². The van der Waals surface area contributed by atoms with Crippen LogP contribution in [0.15, 0.2) is 39.4 Å². The maximum Gasteiger partial charge on any atom is 0.0907 e. The van der Waals surface area contributed by atoms with Crippen molar-refractivity contribution in [3.63, 3.8) is 0 Å². The van der Waals surface area contributed by atoms with Crippen molar-refractivity contribution in [2.75, 3.05) is 5.32 Å². The molecule has 0 aliphatic heterocycles. The van der Waals surface area contributed by atoms with Gasteiger partial charge in [0.1, 0.15) is 0 Å². The Morgan fingerprint density at radius 1 is 1.25 bits per heavy atom. The van der Waals surface area contributed by atoms with E-state index in [9.17, 15) is 0 Å². The van der Waals surface area contributed by atoms with Gasteiger partial charge in [0.2, 0.25) is 0 Å². The lowest BCUT2D eigenvalue weighted by Gasteiger charge is -2.07. The molecule has 2 heterocycles. The first-order valence-corrected chi connectivity index (χ1v) is 8.43. The average molecular weight is 413 g/mol. The number of rotatable bonds is 3. The number of thiazole rings is 1. The highest BCUT2D eigenvalue weighted by atomic mass is 79.9. The minimum absolute atomic E-state index is 0.678. The Labute approximate surface area is 137 Å². The number of halogens is 2. The van der Waals surface area contributed by atoms with E-state index in [4.69, 9.17) is 0 Å². The number of nitrogens with zero attached hydrogens (tertiary/aromatic N) is 2. The molecule has 0 bridgehead atoms. The minimum Gasteiger partial charge on any atom is -0.379 e. The van der Waals surface area contributed by atoms with E-state index < -0.39 is 0 Å². The smallest absolute Gasteiger partial charge is 0.0907 e. The maximum atomic E-state index is 4.46. The topological polar surface area (TPSA) is 37.8 Å². The van der Waals surface area contributed by atoms with E-state index >= 15 is 0 Å². The lowest BCUT2D eigenvalue weighted by molar-refractivity contribution is 1.03. The molecule has 0 radical (unpaired) electrons. The number of fused-ring (bicyclic) bond motifs is 1. The van der Waals surface area contributed by atoms with Crippen LogP contribution in [0.5, 0.6) is 0 Å². The minimum atomic E-state index is 0.678. The summed E-state index contributed by atoms with van der Waals surface area (Å²) in [4.78, 5) is 8.86. The van der Waals surface area contributed by atoms with Crippen molar-refractivity contribution < 1.29 is 0 Å². The van der Waals surface area contributed by atoms with Crippen molar-refractivity contribution in [1.82, 2.24) is 9.97 Å². The highest BCUT2D eigenvalue weighted by molar-refractivity contribution is 9.11. The third-order valence-electron chi connectivity index (χ3n) is 2.84. The Bertz CT molecular complexity index is 770. The van der Waals surface area contributed by atoms with Gasteiger partial charge in [-0.25, -0.2) is 4.98 Å². The Hall–Kier alpha value is -0.980. The zero-order valence-corrected chi connectivity index (χ0v) is 14.6. The summed E-state index contributed by atoms with van der Waals surface area (Å²) in [7, 11) is 0. The van der Waals surface area contributed by atoms with Gasteiger partial charge in [-0.1, -0.05) is 0 Å². The second kappa shape index (κ2) is 5.79. The number of anilines is 1. The predicted octanol–water partition coefficient (Wildman–Crippen LogP) is 5.14. The van der Waals surface area contributed by atoms with E-state index in [-0.39, 0.29) is 0 Å². The standard InChI is InChI=1S/C14H11Br2N3S/c1-8-19-12-3-2-10(5-14(12)20-8)17-7-13-11(16)4-9(15)6-18-13/h2-6,17H,7H2,1H3. The molecule has 0 atom stereocenters.